The van der Waals surface area contributed by atoms with Crippen LogP contribution < -0.4 is 25.4 Å². The summed E-state index contributed by atoms with van der Waals surface area (Å²) in [4.78, 5) is 24.2. The summed E-state index contributed by atoms with van der Waals surface area (Å²) >= 11 is 11.2. The Bertz CT molecular complexity index is 934. The number of amides is 2. The summed E-state index contributed by atoms with van der Waals surface area (Å²) in [5.74, 6) is 0.234. The van der Waals surface area contributed by atoms with Gasteiger partial charge >= 0.3 is 0 Å². The van der Waals surface area contributed by atoms with Crippen molar-refractivity contribution in [1.82, 2.24) is 5.32 Å². The molecule has 0 aliphatic rings. The summed E-state index contributed by atoms with van der Waals surface area (Å²) < 4.78 is 10.4. The zero-order valence-electron chi connectivity index (χ0n) is 16.5. The fourth-order valence-electron chi connectivity index (χ4n) is 2.29. The molecule has 0 unspecified atom stereocenters. The second-order valence-electron chi connectivity index (χ2n) is 6.32. The summed E-state index contributed by atoms with van der Waals surface area (Å²) in [5, 5.41) is 8.70. The zero-order chi connectivity index (χ0) is 21.6. The van der Waals surface area contributed by atoms with Crippen molar-refractivity contribution >= 4 is 52.1 Å². The SMILES string of the molecule is COc1ccc(C(=O)NC(=S)Nc2ccc(NC(=O)C(C)C)c(OC)c2)cc1Cl. The monoisotopic (exact) mass is 435 g/mol. The van der Waals surface area contributed by atoms with E-state index >= 15 is 0 Å². The zero-order valence-corrected chi connectivity index (χ0v) is 18.0. The van der Waals surface area contributed by atoms with Crippen molar-refractivity contribution in [2.24, 2.45) is 5.92 Å². The predicted molar refractivity (Wildman–Crippen MR) is 118 cm³/mol. The number of methoxy groups -OCH3 is 2. The lowest BCUT2D eigenvalue weighted by atomic mass is 10.2. The molecule has 29 heavy (non-hydrogen) atoms. The molecule has 2 aromatic rings. The van der Waals surface area contributed by atoms with E-state index in [1.165, 1.54) is 20.3 Å². The van der Waals surface area contributed by atoms with Gasteiger partial charge in [-0.25, -0.2) is 0 Å². The van der Waals surface area contributed by atoms with Gasteiger partial charge in [0.2, 0.25) is 5.91 Å². The van der Waals surface area contributed by atoms with Crippen molar-refractivity contribution in [2.75, 3.05) is 24.9 Å². The van der Waals surface area contributed by atoms with Gasteiger partial charge in [0, 0.05) is 23.2 Å². The number of rotatable bonds is 6. The quantitative estimate of drug-likeness (QED) is 0.592. The molecule has 3 N–H and O–H groups in total. The molecule has 0 radical (unpaired) electrons. The van der Waals surface area contributed by atoms with Crippen molar-refractivity contribution < 1.29 is 19.1 Å². The van der Waals surface area contributed by atoms with E-state index < -0.39 is 5.91 Å². The Kier molecular flexibility index (Phi) is 7.81. The highest BCUT2D eigenvalue weighted by Crippen LogP contribution is 2.28. The van der Waals surface area contributed by atoms with Crippen LogP contribution in [-0.2, 0) is 4.79 Å². The largest absolute Gasteiger partial charge is 0.495 e. The number of hydrogen-bond acceptors (Lipinski definition) is 5. The van der Waals surface area contributed by atoms with E-state index in [2.05, 4.69) is 16.0 Å². The molecule has 2 rings (SSSR count). The van der Waals surface area contributed by atoms with E-state index in [1.807, 2.05) is 0 Å². The Hall–Kier alpha value is -2.84. The number of halogens is 1. The van der Waals surface area contributed by atoms with Crippen molar-refractivity contribution in [3.63, 3.8) is 0 Å². The second-order valence-corrected chi connectivity index (χ2v) is 7.13. The minimum atomic E-state index is -0.417. The topological polar surface area (TPSA) is 88.7 Å². The Morgan fingerprint density at radius 2 is 1.69 bits per heavy atom. The maximum absolute atomic E-state index is 12.3. The first-order valence-corrected chi connectivity index (χ1v) is 9.48. The molecular formula is C20H22ClN3O4S. The van der Waals surface area contributed by atoms with Crippen LogP contribution in [0.25, 0.3) is 0 Å². The Morgan fingerprint density at radius 3 is 2.28 bits per heavy atom. The number of nitrogens with one attached hydrogen (secondary N) is 3. The molecule has 0 aromatic heterocycles. The van der Waals surface area contributed by atoms with Gasteiger partial charge in [0.1, 0.15) is 11.5 Å². The van der Waals surface area contributed by atoms with Crippen LogP contribution >= 0.6 is 23.8 Å². The summed E-state index contributed by atoms with van der Waals surface area (Å²) in [6.45, 7) is 3.60. The van der Waals surface area contributed by atoms with Crippen LogP contribution in [0.3, 0.4) is 0 Å². The van der Waals surface area contributed by atoms with Gasteiger partial charge in [-0.05, 0) is 42.5 Å². The molecule has 0 spiro atoms. The Balaban J connectivity index is 2.05. The molecule has 0 atom stereocenters. The standard InChI is InChI=1S/C20H22ClN3O4S/c1-11(2)18(25)23-15-7-6-13(10-17(15)28-4)22-20(29)24-19(26)12-5-8-16(27-3)14(21)9-12/h5-11H,1-4H3,(H,23,25)(H2,22,24,26,29). The summed E-state index contributed by atoms with van der Waals surface area (Å²) in [7, 11) is 2.99. The van der Waals surface area contributed by atoms with Crippen LogP contribution in [0.15, 0.2) is 36.4 Å². The van der Waals surface area contributed by atoms with Crippen LogP contribution in [0.1, 0.15) is 24.2 Å². The first-order chi connectivity index (χ1) is 13.7. The lowest BCUT2D eigenvalue weighted by Crippen LogP contribution is -2.34. The van der Waals surface area contributed by atoms with Gasteiger partial charge < -0.3 is 20.1 Å². The third-order valence-corrected chi connectivity index (χ3v) is 4.38. The minimum Gasteiger partial charge on any atom is -0.495 e. The highest BCUT2D eigenvalue weighted by Gasteiger charge is 2.13. The number of carbonyl (C=O) groups excluding carboxylic acids is 2. The van der Waals surface area contributed by atoms with Crippen LogP contribution in [0, 0.1) is 5.92 Å². The maximum Gasteiger partial charge on any atom is 0.257 e. The highest BCUT2D eigenvalue weighted by molar-refractivity contribution is 7.80. The van der Waals surface area contributed by atoms with E-state index in [-0.39, 0.29) is 16.9 Å². The van der Waals surface area contributed by atoms with Crippen LogP contribution in [0.5, 0.6) is 11.5 Å². The van der Waals surface area contributed by atoms with Gasteiger partial charge in [-0.1, -0.05) is 25.4 Å². The fourth-order valence-corrected chi connectivity index (χ4v) is 2.76. The van der Waals surface area contributed by atoms with Gasteiger partial charge in [-0.2, -0.15) is 0 Å². The number of thiocarbonyl (C=S) groups is 1. The Morgan fingerprint density at radius 1 is 1.00 bits per heavy atom. The average molecular weight is 436 g/mol. The molecule has 0 saturated carbocycles. The highest BCUT2D eigenvalue weighted by atomic mass is 35.5. The lowest BCUT2D eigenvalue weighted by Gasteiger charge is -2.15. The third-order valence-electron chi connectivity index (χ3n) is 3.88. The molecule has 0 fully saturated rings. The van der Waals surface area contributed by atoms with E-state index in [0.29, 0.717) is 33.5 Å². The first-order valence-electron chi connectivity index (χ1n) is 8.70. The average Bonchev–Trinajstić information content (AvgIpc) is 2.68. The smallest absolute Gasteiger partial charge is 0.257 e. The summed E-state index contributed by atoms with van der Waals surface area (Å²) in [6, 6.07) is 9.74. The molecule has 0 heterocycles. The maximum atomic E-state index is 12.3. The number of carbonyl (C=O) groups is 2. The number of ether oxygens (including phenoxy) is 2. The molecule has 9 heteroatoms. The second kappa shape index (κ2) is 10.1. The van der Waals surface area contributed by atoms with Gasteiger partial charge in [0.05, 0.1) is 24.9 Å². The van der Waals surface area contributed by atoms with E-state index in [9.17, 15) is 9.59 Å². The predicted octanol–water partition coefficient (Wildman–Crippen LogP) is 4.08. The molecule has 2 aromatic carbocycles. The first kappa shape index (κ1) is 22.4. The van der Waals surface area contributed by atoms with Crippen molar-refractivity contribution in [3.8, 4) is 11.5 Å². The molecule has 0 bridgehead atoms. The molecule has 7 nitrogen and oxygen atoms in total. The van der Waals surface area contributed by atoms with Crippen LogP contribution in [0.2, 0.25) is 5.02 Å². The van der Waals surface area contributed by atoms with Crippen molar-refractivity contribution in [1.29, 1.82) is 0 Å². The molecule has 0 aliphatic carbocycles. The van der Waals surface area contributed by atoms with E-state index in [0.717, 1.165) is 0 Å². The number of anilines is 2. The van der Waals surface area contributed by atoms with Gasteiger partial charge in [0.15, 0.2) is 5.11 Å². The number of benzene rings is 2. The van der Waals surface area contributed by atoms with Crippen LogP contribution in [-0.4, -0.2) is 31.1 Å². The summed E-state index contributed by atoms with van der Waals surface area (Å²) in [6.07, 6.45) is 0. The Labute approximate surface area is 179 Å². The molecule has 2 amide bonds. The molecule has 0 aliphatic heterocycles. The third kappa shape index (κ3) is 6.07. The van der Waals surface area contributed by atoms with E-state index in [4.69, 9.17) is 33.3 Å². The normalized spacial score (nSPS) is 10.3. The van der Waals surface area contributed by atoms with Gasteiger partial charge in [0.25, 0.3) is 5.91 Å². The molecule has 154 valence electrons. The van der Waals surface area contributed by atoms with Crippen molar-refractivity contribution in [3.05, 3.63) is 47.0 Å². The van der Waals surface area contributed by atoms with E-state index in [1.54, 1.807) is 44.2 Å². The molecule has 0 saturated heterocycles. The van der Waals surface area contributed by atoms with Gasteiger partial charge in [-0.15, -0.1) is 0 Å². The van der Waals surface area contributed by atoms with Crippen LogP contribution in [0.4, 0.5) is 11.4 Å². The van der Waals surface area contributed by atoms with Gasteiger partial charge in [-0.3, -0.25) is 14.9 Å². The summed E-state index contributed by atoms with van der Waals surface area (Å²) in [5.41, 5.74) is 1.46. The minimum absolute atomic E-state index is 0.1000. The fraction of sp³-hybridized carbons (Fsp3) is 0.250. The number of hydrogen-bond donors (Lipinski definition) is 3. The van der Waals surface area contributed by atoms with Crippen molar-refractivity contribution in [2.45, 2.75) is 13.8 Å². The molecular weight excluding hydrogens is 414 g/mol. The lowest BCUT2D eigenvalue weighted by molar-refractivity contribution is -0.118.